The first-order chi connectivity index (χ1) is 16.8. The van der Waals surface area contributed by atoms with Gasteiger partial charge in [-0.1, -0.05) is 35.9 Å². The molecule has 184 valence electrons. The molecule has 0 aliphatic heterocycles. The van der Waals surface area contributed by atoms with Crippen LogP contribution in [0.3, 0.4) is 0 Å². The molecule has 1 atom stereocenters. The second-order valence-electron chi connectivity index (χ2n) is 9.05. The number of amides is 1. The molecular weight excluding hydrogens is 460 g/mol. The SMILES string of the molecule is COc1ccc(N(CC(=O)NC(C)c2ccc3c(c2)CCCC3)S(=O)(=O)c2ccc(C)cc2)cc1. The number of carbonyl (C=O) groups is 1. The largest absolute Gasteiger partial charge is 0.497 e. The zero-order valence-corrected chi connectivity index (χ0v) is 21.3. The van der Waals surface area contributed by atoms with Crippen LogP contribution in [-0.4, -0.2) is 28.0 Å². The number of methoxy groups -OCH3 is 1. The molecule has 0 saturated carbocycles. The summed E-state index contributed by atoms with van der Waals surface area (Å²) in [6, 6.07) is 19.4. The topological polar surface area (TPSA) is 75.7 Å². The van der Waals surface area contributed by atoms with Gasteiger partial charge in [0.05, 0.1) is 23.7 Å². The van der Waals surface area contributed by atoms with Gasteiger partial charge in [-0.3, -0.25) is 9.10 Å². The van der Waals surface area contributed by atoms with Crippen molar-refractivity contribution < 1.29 is 17.9 Å². The second-order valence-corrected chi connectivity index (χ2v) is 10.9. The smallest absolute Gasteiger partial charge is 0.264 e. The third kappa shape index (κ3) is 5.68. The van der Waals surface area contributed by atoms with Crippen LogP contribution in [0.5, 0.6) is 5.75 Å². The van der Waals surface area contributed by atoms with Gasteiger partial charge >= 0.3 is 0 Å². The fourth-order valence-electron chi connectivity index (χ4n) is 4.42. The molecule has 3 aromatic carbocycles. The predicted molar refractivity (Wildman–Crippen MR) is 138 cm³/mol. The highest BCUT2D eigenvalue weighted by Gasteiger charge is 2.28. The predicted octanol–water partition coefficient (Wildman–Crippen LogP) is 4.96. The Hall–Kier alpha value is -3.32. The number of nitrogens with zero attached hydrogens (tertiary/aromatic N) is 1. The first-order valence-corrected chi connectivity index (χ1v) is 13.4. The van der Waals surface area contributed by atoms with Gasteiger partial charge in [0.1, 0.15) is 12.3 Å². The lowest BCUT2D eigenvalue weighted by Gasteiger charge is -2.26. The molecule has 0 fully saturated rings. The molecule has 1 N–H and O–H groups in total. The maximum Gasteiger partial charge on any atom is 0.264 e. The van der Waals surface area contributed by atoms with Gasteiger partial charge in [-0.2, -0.15) is 0 Å². The summed E-state index contributed by atoms with van der Waals surface area (Å²) in [5, 5.41) is 2.99. The molecule has 35 heavy (non-hydrogen) atoms. The Labute approximate surface area is 208 Å². The molecule has 0 radical (unpaired) electrons. The minimum Gasteiger partial charge on any atom is -0.497 e. The van der Waals surface area contributed by atoms with Crippen molar-refractivity contribution in [1.82, 2.24) is 5.32 Å². The summed E-state index contributed by atoms with van der Waals surface area (Å²) >= 11 is 0. The summed E-state index contributed by atoms with van der Waals surface area (Å²) in [6.07, 6.45) is 4.56. The minimum atomic E-state index is -3.97. The van der Waals surface area contributed by atoms with E-state index >= 15 is 0 Å². The highest BCUT2D eigenvalue weighted by atomic mass is 32.2. The van der Waals surface area contributed by atoms with Crippen molar-refractivity contribution in [2.45, 2.75) is 50.5 Å². The van der Waals surface area contributed by atoms with Crippen LogP contribution in [-0.2, 0) is 27.7 Å². The van der Waals surface area contributed by atoms with E-state index in [-0.39, 0.29) is 23.4 Å². The van der Waals surface area contributed by atoms with Gasteiger partial charge in [0.25, 0.3) is 10.0 Å². The summed E-state index contributed by atoms with van der Waals surface area (Å²) in [7, 11) is -2.42. The molecular formula is C28H32N2O4S. The van der Waals surface area contributed by atoms with E-state index in [1.807, 2.05) is 13.8 Å². The first-order valence-electron chi connectivity index (χ1n) is 11.9. The lowest BCUT2D eigenvalue weighted by atomic mass is 9.89. The van der Waals surface area contributed by atoms with Crippen molar-refractivity contribution in [1.29, 1.82) is 0 Å². The highest BCUT2D eigenvalue weighted by molar-refractivity contribution is 7.92. The zero-order valence-electron chi connectivity index (χ0n) is 20.5. The maximum absolute atomic E-state index is 13.6. The lowest BCUT2D eigenvalue weighted by molar-refractivity contribution is -0.120. The van der Waals surface area contributed by atoms with Gasteiger partial charge < -0.3 is 10.1 Å². The third-order valence-electron chi connectivity index (χ3n) is 6.51. The Morgan fingerprint density at radius 2 is 1.63 bits per heavy atom. The molecule has 0 heterocycles. The van der Waals surface area contributed by atoms with Crippen molar-refractivity contribution in [3.63, 3.8) is 0 Å². The molecule has 6 nitrogen and oxygen atoms in total. The molecule has 1 unspecified atom stereocenters. The van der Waals surface area contributed by atoms with Crippen LogP contribution in [0.2, 0.25) is 0 Å². The van der Waals surface area contributed by atoms with Crippen LogP contribution in [0.25, 0.3) is 0 Å². The standard InChI is InChI=1S/C28H32N2O4S/c1-20-8-16-27(17-9-20)35(32,33)30(25-12-14-26(34-3)15-13-25)19-28(31)29-21(2)23-11-10-22-6-4-5-7-24(22)18-23/h8-18,21H,4-7,19H2,1-3H3,(H,29,31). The van der Waals surface area contributed by atoms with E-state index in [9.17, 15) is 13.2 Å². The summed E-state index contributed by atoms with van der Waals surface area (Å²) in [6.45, 7) is 3.49. The van der Waals surface area contributed by atoms with Crippen molar-refractivity contribution in [3.8, 4) is 5.75 Å². The number of fused-ring (bicyclic) bond motifs is 1. The van der Waals surface area contributed by atoms with E-state index in [1.54, 1.807) is 55.6 Å². The van der Waals surface area contributed by atoms with E-state index in [0.29, 0.717) is 11.4 Å². The van der Waals surface area contributed by atoms with E-state index in [0.717, 1.165) is 28.3 Å². The molecule has 0 saturated heterocycles. The summed E-state index contributed by atoms with van der Waals surface area (Å²) in [4.78, 5) is 13.2. The quantitative estimate of drug-likeness (QED) is 0.483. The van der Waals surface area contributed by atoms with Crippen molar-refractivity contribution in [3.05, 3.63) is 89.0 Å². The molecule has 0 aromatic heterocycles. The van der Waals surface area contributed by atoms with Crippen LogP contribution < -0.4 is 14.4 Å². The number of benzene rings is 3. The number of hydrogen-bond donors (Lipinski definition) is 1. The van der Waals surface area contributed by atoms with Gasteiger partial charge in [-0.25, -0.2) is 8.42 Å². The number of ether oxygens (including phenoxy) is 1. The molecule has 3 aromatic rings. The molecule has 0 spiro atoms. The van der Waals surface area contributed by atoms with Gasteiger partial charge in [0, 0.05) is 0 Å². The molecule has 1 aliphatic carbocycles. The van der Waals surface area contributed by atoms with E-state index in [4.69, 9.17) is 4.74 Å². The van der Waals surface area contributed by atoms with Crippen molar-refractivity contribution in [2.24, 2.45) is 0 Å². The van der Waals surface area contributed by atoms with Crippen molar-refractivity contribution in [2.75, 3.05) is 18.0 Å². The van der Waals surface area contributed by atoms with Crippen LogP contribution in [0.4, 0.5) is 5.69 Å². The summed E-state index contributed by atoms with van der Waals surface area (Å²) in [5.74, 6) is 0.230. The average Bonchev–Trinajstić information content (AvgIpc) is 2.87. The number of hydrogen-bond acceptors (Lipinski definition) is 4. The fraction of sp³-hybridized carbons (Fsp3) is 0.321. The van der Waals surface area contributed by atoms with Crippen LogP contribution in [0, 0.1) is 6.92 Å². The Morgan fingerprint density at radius 3 is 2.29 bits per heavy atom. The fourth-order valence-corrected chi connectivity index (χ4v) is 5.85. The van der Waals surface area contributed by atoms with Crippen molar-refractivity contribution >= 4 is 21.6 Å². The Kier molecular flexibility index (Phi) is 7.45. The summed E-state index contributed by atoms with van der Waals surface area (Å²) in [5.41, 5.74) is 5.10. The number of sulfonamides is 1. The number of anilines is 1. The minimum absolute atomic E-state index is 0.134. The van der Waals surface area contributed by atoms with Crippen LogP contribution in [0.15, 0.2) is 71.6 Å². The number of carbonyl (C=O) groups excluding carboxylic acids is 1. The molecule has 4 rings (SSSR count). The highest BCUT2D eigenvalue weighted by Crippen LogP contribution is 2.27. The number of nitrogens with one attached hydrogen (secondary N) is 1. The number of aryl methyl sites for hydroxylation is 3. The zero-order chi connectivity index (χ0) is 25.0. The first kappa shape index (κ1) is 24.8. The van der Waals surface area contributed by atoms with Gasteiger partial charge in [-0.05, 0) is 92.6 Å². The summed E-state index contributed by atoms with van der Waals surface area (Å²) < 4.78 is 33.5. The van der Waals surface area contributed by atoms with Gasteiger partial charge in [-0.15, -0.1) is 0 Å². The van der Waals surface area contributed by atoms with E-state index in [1.165, 1.54) is 24.0 Å². The third-order valence-corrected chi connectivity index (χ3v) is 8.29. The molecule has 1 amide bonds. The molecule has 1 aliphatic rings. The monoisotopic (exact) mass is 492 g/mol. The Bertz CT molecular complexity index is 1290. The normalized spacial score (nSPS) is 14.0. The van der Waals surface area contributed by atoms with Gasteiger partial charge in [0.2, 0.25) is 5.91 Å². The molecule has 0 bridgehead atoms. The van der Waals surface area contributed by atoms with Crippen LogP contribution >= 0.6 is 0 Å². The lowest BCUT2D eigenvalue weighted by Crippen LogP contribution is -2.41. The maximum atomic E-state index is 13.6. The Morgan fingerprint density at radius 1 is 0.971 bits per heavy atom. The van der Waals surface area contributed by atoms with Gasteiger partial charge in [0.15, 0.2) is 0 Å². The average molecular weight is 493 g/mol. The van der Waals surface area contributed by atoms with E-state index in [2.05, 4.69) is 23.5 Å². The Balaban J connectivity index is 1.57. The number of rotatable bonds is 8. The second kappa shape index (κ2) is 10.5. The van der Waals surface area contributed by atoms with E-state index < -0.39 is 10.0 Å². The molecule has 7 heteroatoms. The van der Waals surface area contributed by atoms with Crippen LogP contribution in [0.1, 0.15) is 48.1 Å².